The molecular weight excluding hydrogens is 1010 g/mol. The molecule has 80 heavy (non-hydrogen) atoms. The van der Waals surface area contributed by atoms with Crippen LogP contribution in [0.4, 0.5) is 17.1 Å². The molecule has 8 aromatic heterocycles. The molecule has 1 aliphatic rings. The second kappa shape index (κ2) is 18.9. The number of hydrogen-bond donors (Lipinski definition) is 0. The second-order valence-electron chi connectivity index (χ2n) is 20.8. The first-order valence-electron chi connectivity index (χ1n) is 26.5. The summed E-state index contributed by atoms with van der Waals surface area (Å²) in [4.78, 5) is 67.2. The first-order valence-corrected chi connectivity index (χ1v) is 27.3. The lowest BCUT2D eigenvalue weighted by molar-refractivity contribution is 0.647. The number of anilines is 3. The van der Waals surface area contributed by atoms with E-state index in [9.17, 15) is 0 Å². The molecule has 16 nitrogen and oxygen atoms in total. The zero-order valence-electron chi connectivity index (χ0n) is 43.8. The Morgan fingerprint density at radius 3 is 1.71 bits per heavy atom. The lowest BCUT2D eigenvalue weighted by atomic mass is 10.00. The van der Waals surface area contributed by atoms with Gasteiger partial charge in [0.15, 0.2) is 28.8 Å². The standard InChI is InChI=1S/C63H46N16S/c1-35(2)24-37-14-19-49-43(26-37)41-17-18-42-44-27-38(25-36(3)4)15-20-50(44)79(63-75-61(47-31-67-59-45(71-47)29-64-33-69-59)74-62(76-63)48-32-68-60-46(72-48)30-65-34-70-60)57(42)56(41)78(49)55-22-23-66-58(73-55)39-16-21-52-54(28-39)80-53-13-9-8-12-51(53)77(52)40-10-6-5-7-11-40/h5-23,26-36H,24-25H2,1-4H3. The molecule has 1 aliphatic heterocycles. The molecule has 0 saturated heterocycles. The maximum absolute atomic E-state index is 5.52. The molecule has 0 N–H and O–H groups in total. The molecule has 14 aromatic rings. The van der Waals surface area contributed by atoms with Gasteiger partial charge in [0.05, 0.1) is 58.2 Å². The molecule has 0 bridgehead atoms. The average Bonchev–Trinajstić information content (AvgIpc) is 4.23. The molecule has 0 aliphatic carbocycles. The molecule has 0 fully saturated rings. The molecule has 0 radical (unpaired) electrons. The second-order valence-corrected chi connectivity index (χ2v) is 21.9. The quantitative estimate of drug-likeness (QED) is 0.126. The molecule has 0 saturated carbocycles. The Balaban J connectivity index is 0.996. The van der Waals surface area contributed by atoms with Crippen molar-refractivity contribution in [3.63, 3.8) is 0 Å². The molecule has 6 aromatic carbocycles. The van der Waals surface area contributed by atoms with Gasteiger partial charge in [0.1, 0.15) is 40.9 Å². The van der Waals surface area contributed by atoms with Crippen LogP contribution in [0.15, 0.2) is 181 Å². The van der Waals surface area contributed by atoms with E-state index in [4.69, 9.17) is 34.9 Å². The molecule has 0 amide bonds. The fourth-order valence-electron chi connectivity index (χ4n) is 11.2. The first-order chi connectivity index (χ1) is 39.3. The van der Waals surface area contributed by atoms with Gasteiger partial charge in [-0.1, -0.05) is 94.1 Å². The van der Waals surface area contributed by atoms with Gasteiger partial charge in [-0.25, -0.2) is 54.8 Å². The third-order valence-electron chi connectivity index (χ3n) is 14.5. The summed E-state index contributed by atoms with van der Waals surface area (Å²) in [5.74, 6) is 3.07. The Hall–Kier alpha value is -10.0. The van der Waals surface area contributed by atoms with E-state index in [0.717, 1.165) is 84.0 Å². The number of benzene rings is 6. The SMILES string of the molecule is CC(C)Cc1ccc2c(c1)c1ccc3c4cc(CC(C)C)ccc4n(-c4nc(-c5cnc6ncncc6n5)nc(-c5cnc6ncncc6n5)n4)c3c1n2-c1ccnc(-c2ccc3c(c2)Sc2ccccc2N3c2ccccc2)n1. The van der Waals surface area contributed by atoms with Crippen LogP contribution < -0.4 is 4.90 Å². The third kappa shape index (κ3) is 8.03. The van der Waals surface area contributed by atoms with Crippen LogP contribution in [0.5, 0.6) is 0 Å². The Morgan fingerprint density at radius 1 is 0.463 bits per heavy atom. The van der Waals surface area contributed by atoms with E-state index < -0.39 is 0 Å². The van der Waals surface area contributed by atoms with E-state index in [1.165, 1.54) is 28.7 Å². The van der Waals surface area contributed by atoms with Crippen molar-refractivity contribution in [2.75, 3.05) is 4.90 Å². The fraction of sp³-hybridized carbons (Fsp3) is 0.127. The van der Waals surface area contributed by atoms with Crippen LogP contribution in [0, 0.1) is 11.8 Å². The average molecular weight is 1060 g/mol. The Bertz CT molecular complexity index is 4710. The van der Waals surface area contributed by atoms with Gasteiger partial charge in [0, 0.05) is 48.8 Å². The summed E-state index contributed by atoms with van der Waals surface area (Å²) in [6.45, 7) is 9.01. The number of para-hydroxylation sites is 2. The van der Waals surface area contributed by atoms with Gasteiger partial charge in [0.2, 0.25) is 5.95 Å². The van der Waals surface area contributed by atoms with E-state index in [1.807, 2.05) is 12.3 Å². The number of hydrogen-bond acceptors (Lipinski definition) is 15. The Kier molecular flexibility index (Phi) is 11.1. The predicted molar refractivity (Wildman–Crippen MR) is 314 cm³/mol. The highest BCUT2D eigenvalue weighted by Gasteiger charge is 2.28. The fourth-order valence-corrected chi connectivity index (χ4v) is 12.3. The van der Waals surface area contributed by atoms with Crippen molar-refractivity contribution in [2.45, 2.75) is 50.3 Å². The number of fused-ring (bicyclic) bond motifs is 11. The zero-order chi connectivity index (χ0) is 53.6. The minimum absolute atomic E-state index is 0.269. The van der Waals surface area contributed by atoms with Crippen LogP contribution in [0.1, 0.15) is 38.8 Å². The monoisotopic (exact) mass is 1060 g/mol. The number of rotatable bonds is 10. The zero-order valence-corrected chi connectivity index (χ0v) is 44.6. The molecule has 17 heteroatoms. The van der Waals surface area contributed by atoms with E-state index in [2.05, 4.69) is 193 Å². The summed E-state index contributed by atoms with van der Waals surface area (Å²) >= 11 is 1.76. The smallest absolute Gasteiger partial charge is 0.238 e. The normalized spacial score (nSPS) is 12.5. The van der Waals surface area contributed by atoms with Crippen LogP contribution in [0.25, 0.3) is 112 Å². The Morgan fingerprint density at radius 2 is 1.06 bits per heavy atom. The van der Waals surface area contributed by atoms with E-state index in [1.54, 1.807) is 36.5 Å². The first kappa shape index (κ1) is 47.2. The predicted octanol–water partition coefficient (Wildman–Crippen LogP) is 13.7. The van der Waals surface area contributed by atoms with Crippen LogP contribution in [0.2, 0.25) is 0 Å². The van der Waals surface area contributed by atoms with Gasteiger partial charge < -0.3 is 4.90 Å². The van der Waals surface area contributed by atoms with Gasteiger partial charge >= 0.3 is 0 Å². The van der Waals surface area contributed by atoms with Crippen LogP contribution in [0.3, 0.4) is 0 Å². The van der Waals surface area contributed by atoms with E-state index in [0.29, 0.717) is 63.1 Å². The molecule has 0 atom stereocenters. The van der Waals surface area contributed by atoms with Crippen LogP contribution in [-0.2, 0) is 12.8 Å². The number of aromatic nitrogens is 15. The molecule has 9 heterocycles. The largest absolute Gasteiger partial charge is 0.308 e. The van der Waals surface area contributed by atoms with Crippen LogP contribution >= 0.6 is 11.8 Å². The summed E-state index contributed by atoms with van der Waals surface area (Å²) in [5, 5.41) is 4.21. The minimum Gasteiger partial charge on any atom is -0.308 e. The highest BCUT2D eigenvalue weighted by molar-refractivity contribution is 7.99. The van der Waals surface area contributed by atoms with Crippen molar-refractivity contribution < 1.29 is 0 Å². The highest BCUT2D eigenvalue weighted by atomic mass is 32.2. The third-order valence-corrected chi connectivity index (χ3v) is 15.6. The van der Waals surface area contributed by atoms with E-state index >= 15 is 0 Å². The lowest BCUT2D eigenvalue weighted by Gasteiger charge is -2.33. The molecule has 0 spiro atoms. The van der Waals surface area contributed by atoms with Gasteiger partial charge in [0.25, 0.3) is 0 Å². The summed E-state index contributed by atoms with van der Waals surface area (Å²) < 4.78 is 4.44. The van der Waals surface area contributed by atoms with Crippen molar-refractivity contribution in [1.29, 1.82) is 0 Å². The molecule has 384 valence electrons. The number of nitrogens with zero attached hydrogens (tertiary/aromatic N) is 16. The highest BCUT2D eigenvalue weighted by Crippen LogP contribution is 2.52. The maximum atomic E-state index is 5.52. The molecule has 0 unspecified atom stereocenters. The van der Waals surface area contributed by atoms with Crippen LogP contribution in [-0.4, -0.2) is 73.9 Å². The van der Waals surface area contributed by atoms with Gasteiger partial charge in [-0.2, -0.15) is 9.97 Å². The summed E-state index contributed by atoms with van der Waals surface area (Å²) in [7, 11) is 0. The topological polar surface area (TPSA) is 181 Å². The van der Waals surface area contributed by atoms with Gasteiger partial charge in [-0.15, -0.1) is 0 Å². The summed E-state index contributed by atoms with van der Waals surface area (Å²) in [5.41, 5.74) is 13.1. The van der Waals surface area contributed by atoms with Crippen molar-refractivity contribution in [2.24, 2.45) is 11.8 Å². The maximum Gasteiger partial charge on any atom is 0.238 e. The van der Waals surface area contributed by atoms with Crippen molar-refractivity contribution in [3.05, 3.63) is 182 Å². The van der Waals surface area contributed by atoms with Crippen molar-refractivity contribution >= 4 is 94.8 Å². The Labute approximate surface area is 461 Å². The van der Waals surface area contributed by atoms with Crippen molar-refractivity contribution in [1.82, 2.24) is 73.9 Å². The van der Waals surface area contributed by atoms with Gasteiger partial charge in [-0.05, 0) is 109 Å². The molecule has 15 rings (SSSR count). The lowest BCUT2D eigenvalue weighted by Crippen LogP contribution is -2.14. The summed E-state index contributed by atoms with van der Waals surface area (Å²) in [6, 6.07) is 45.7. The van der Waals surface area contributed by atoms with E-state index in [-0.39, 0.29) is 11.6 Å². The minimum atomic E-state index is 0.269. The summed E-state index contributed by atoms with van der Waals surface area (Å²) in [6.07, 6.45) is 13.1. The van der Waals surface area contributed by atoms with Gasteiger partial charge in [-0.3, -0.25) is 9.13 Å². The van der Waals surface area contributed by atoms with Crippen molar-refractivity contribution in [3.8, 4) is 46.2 Å². The molecular formula is C63H46N16S.